The lowest BCUT2D eigenvalue weighted by molar-refractivity contribution is 0.631. The second-order valence-electron chi connectivity index (χ2n) is 5.93. The van der Waals surface area contributed by atoms with Gasteiger partial charge in [0.15, 0.2) is 0 Å². The molecule has 0 aliphatic carbocycles. The summed E-state index contributed by atoms with van der Waals surface area (Å²) in [6, 6.07) is 4.08. The zero-order chi connectivity index (χ0) is 16.7. The van der Waals surface area contributed by atoms with E-state index in [1.807, 2.05) is 23.7 Å². The number of aryl methyl sites for hydroxylation is 1. The number of aromatic nitrogens is 5. The summed E-state index contributed by atoms with van der Waals surface area (Å²) in [5.41, 5.74) is 2.16. The molecule has 0 saturated carbocycles. The van der Waals surface area contributed by atoms with Gasteiger partial charge in [-0.15, -0.1) is 0 Å². The molecule has 0 atom stereocenters. The second kappa shape index (κ2) is 6.01. The normalized spacial score (nSPS) is 15.3. The van der Waals surface area contributed by atoms with Gasteiger partial charge < -0.3 is 9.80 Å². The molecule has 0 N–H and O–H groups in total. The SMILES string of the molecule is Cc1nc2ncnn2c(N2CCN(c3ccc(Br)cn3)CC2)c1C. The van der Waals surface area contributed by atoms with Crippen LogP contribution in [0.1, 0.15) is 11.3 Å². The Morgan fingerprint density at radius 2 is 1.75 bits per heavy atom. The number of fused-ring (bicyclic) bond motifs is 1. The minimum Gasteiger partial charge on any atom is -0.353 e. The van der Waals surface area contributed by atoms with Crippen molar-refractivity contribution in [3.8, 4) is 0 Å². The van der Waals surface area contributed by atoms with Crippen molar-refractivity contribution in [1.82, 2.24) is 24.6 Å². The average Bonchev–Trinajstić information content (AvgIpc) is 3.05. The molecule has 124 valence electrons. The van der Waals surface area contributed by atoms with Crippen LogP contribution < -0.4 is 9.80 Å². The van der Waals surface area contributed by atoms with E-state index in [-0.39, 0.29) is 0 Å². The first-order chi connectivity index (χ1) is 11.6. The monoisotopic (exact) mass is 387 g/mol. The molecule has 1 aliphatic rings. The van der Waals surface area contributed by atoms with Crippen LogP contribution in [0.5, 0.6) is 0 Å². The molecule has 0 spiro atoms. The maximum absolute atomic E-state index is 4.50. The summed E-state index contributed by atoms with van der Waals surface area (Å²) in [5, 5.41) is 4.35. The van der Waals surface area contributed by atoms with Gasteiger partial charge in [-0.05, 0) is 41.9 Å². The van der Waals surface area contributed by atoms with Gasteiger partial charge in [-0.3, -0.25) is 0 Å². The standard InChI is InChI=1S/C16H18BrN7/c1-11-12(2)21-16-19-10-20-24(16)15(11)23-7-5-22(6-8-23)14-4-3-13(17)9-18-14/h3-4,9-10H,5-8H2,1-2H3. The number of rotatable bonds is 2. The van der Waals surface area contributed by atoms with Crippen LogP contribution in [0.15, 0.2) is 29.1 Å². The van der Waals surface area contributed by atoms with E-state index in [0.717, 1.165) is 53.5 Å². The highest BCUT2D eigenvalue weighted by Crippen LogP contribution is 2.24. The van der Waals surface area contributed by atoms with E-state index in [2.05, 4.69) is 58.8 Å². The highest BCUT2D eigenvalue weighted by molar-refractivity contribution is 9.10. The Morgan fingerprint density at radius 1 is 1.00 bits per heavy atom. The summed E-state index contributed by atoms with van der Waals surface area (Å²) in [4.78, 5) is 17.9. The minimum absolute atomic E-state index is 0.658. The number of piperazine rings is 1. The van der Waals surface area contributed by atoms with E-state index in [4.69, 9.17) is 0 Å². The Balaban J connectivity index is 1.59. The van der Waals surface area contributed by atoms with Crippen LogP contribution in [-0.4, -0.2) is 50.7 Å². The number of anilines is 2. The molecule has 4 heterocycles. The lowest BCUT2D eigenvalue weighted by atomic mass is 10.2. The Morgan fingerprint density at radius 3 is 2.46 bits per heavy atom. The lowest BCUT2D eigenvalue weighted by Gasteiger charge is -2.37. The van der Waals surface area contributed by atoms with E-state index in [1.54, 1.807) is 6.33 Å². The Kier molecular flexibility index (Phi) is 3.84. The molecule has 4 rings (SSSR count). The average molecular weight is 388 g/mol. The van der Waals surface area contributed by atoms with Crippen molar-refractivity contribution in [2.45, 2.75) is 13.8 Å². The van der Waals surface area contributed by atoms with E-state index in [1.165, 1.54) is 0 Å². The molecule has 0 unspecified atom stereocenters. The predicted octanol–water partition coefficient (Wildman–Crippen LogP) is 2.23. The molecule has 8 heteroatoms. The largest absolute Gasteiger partial charge is 0.353 e. The molecule has 0 amide bonds. The fraction of sp³-hybridized carbons (Fsp3) is 0.375. The Labute approximate surface area is 148 Å². The predicted molar refractivity (Wildman–Crippen MR) is 96.6 cm³/mol. The number of hydrogen-bond acceptors (Lipinski definition) is 6. The van der Waals surface area contributed by atoms with Crippen LogP contribution in [0.3, 0.4) is 0 Å². The third kappa shape index (κ3) is 2.60. The molecular formula is C16H18BrN7. The van der Waals surface area contributed by atoms with Crippen molar-refractivity contribution in [1.29, 1.82) is 0 Å². The van der Waals surface area contributed by atoms with Crippen LogP contribution >= 0.6 is 15.9 Å². The molecule has 1 aliphatic heterocycles. The van der Waals surface area contributed by atoms with Crippen LogP contribution in [0.25, 0.3) is 5.78 Å². The van der Waals surface area contributed by atoms with Gasteiger partial charge in [0.05, 0.1) is 0 Å². The zero-order valence-corrected chi connectivity index (χ0v) is 15.2. The van der Waals surface area contributed by atoms with Gasteiger partial charge in [0.1, 0.15) is 18.0 Å². The maximum atomic E-state index is 4.50. The third-order valence-corrected chi connectivity index (χ3v) is 4.96. The van der Waals surface area contributed by atoms with Crippen molar-refractivity contribution in [3.63, 3.8) is 0 Å². The number of pyridine rings is 1. The summed E-state index contributed by atoms with van der Waals surface area (Å²) in [6.07, 6.45) is 3.41. The summed E-state index contributed by atoms with van der Waals surface area (Å²) < 4.78 is 2.84. The van der Waals surface area contributed by atoms with Crippen molar-refractivity contribution in [2.24, 2.45) is 0 Å². The van der Waals surface area contributed by atoms with Gasteiger partial charge in [-0.2, -0.15) is 14.6 Å². The van der Waals surface area contributed by atoms with Crippen LogP contribution in [0.2, 0.25) is 0 Å². The minimum atomic E-state index is 0.658. The van der Waals surface area contributed by atoms with E-state index < -0.39 is 0 Å². The van der Waals surface area contributed by atoms with Gasteiger partial charge in [-0.25, -0.2) is 9.97 Å². The quantitative estimate of drug-likeness (QED) is 0.671. The Hall–Kier alpha value is -2.22. The number of halogens is 1. The first kappa shape index (κ1) is 15.3. The molecule has 7 nitrogen and oxygen atoms in total. The summed E-state index contributed by atoms with van der Waals surface area (Å²) >= 11 is 3.43. The number of nitrogens with zero attached hydrogens (tertiary/aromatic N) is 7. The van der Waals surface area contributed by atoms with Gasteiger partial charge in [0.2, 0.25) is 0 Å². The van der Waals surface area contributed by atoms with Crippen LogP contribution in [0, 0.1) is 13.8 Å². The number of hydrogen-bond donors (Lipinski definition) is 0. The Bertz CT molecular complexity index is 866. The van der Waals surface area contributed by atoms with Crippen molar-refractivity contribution in [3.05, 3.63) is 40.4 Å². The molecular weight excluding hydrogens is 370 g/mol. The highest BCUT2D eigenvalue weighted by Gasteiger charge is 2.23. The smallest absolute Gasteiger partial charge is 0.254 e. The van der Waals surface area contributed by atoms with Crippen molar-refractivity contribution < 1.29 is 0 Å². The molecule has 3 aromatic rings. The molecule has 3 aromatic heterocycles. The molecule has 1 saturated heterocycles. The highest BCUT2D eigenvalue weighted by atomic mass is 79.9. The van der Waals surface area contributed by atoms with Gasteiger partial charge in [-0.1, -0.05) is 0 Å². The summed E-state index contributed by atoms with van der Waals surface area (Å²) in [5.74, 6) is 2.77. The lowest BCUT2D eigenvalue weighted by Crippen LogP contribution is -2.47. The van der Waals surface area contributed by atoms with Gasteiger partial charge in [0, 0.05) is 48.1 Å². The fourth-order valence-electron chi connectivity index (χ4n) is 3.09. The second-order valence-corrected chi connectivity index (χ2v) is 6.84. The molecule has 0 radical (unpaired) electrons. The van der Waals surface area contributed by atoms with Crippen LogP contribution in [0.4, 0.5) is 11.6 Å². The topological polar surface area (TPSA) is 62.5 Å². The van der Waals surface area contributed by atoms with E-state index in [0.29, 0.717) is 5.78 Å². The van der Waals surface area contributed by atoms with E-state index >= 15 is 0 Å². The zero-order valence-electron chi connectivity index (χ0n) is 13.6. The summed E-state index contributed by atoms with van der Waals surface area (Å²) in [6.45, 7) is 7.79. The maximum Gasteiger partial charge on any atom is 0.254 e. The first-order valence-corrected chi connectivity index (χ1v) is 8.71. The molecule has 0 aromatic carbocycles. The summed E-state index contributed by atoms with van der Waals surface area (Å²) in [7, 11) is 0. The fourth-order valence-corrected chi connectivity index (χ4v) is 3.32. The molecule has 1 fully saturated rings. The van der Waals surface area contributed by atoms with Gasteiger partial charge >= 0.3 is 0 Å². The van der Waals surface area contributed by atoms with E-state index in [9.17, 15) is 0 Å². The van der Waals surface area contributed by atoms with Crippen molar-refractivity contribution >= 4 is 33.3 Å². The van der Waals surface area contributed by atoms with Crippen molar-refractivity contribution in [2.75, 3.05) is 36.0 Å². The molecule has 0 bridgehead atoms. The first-order valence-electron chi connectivity index (χ1n) is 7.92. The van der Waals surface area contributed by atoms with Crippen LogP contribution in [-0.2, 0) is 0 Å². The third-order valence-electron chi connectivity index (χ3n) is 4.49. The van der Waals surface area contributed by atoms with Gasteiger partial charge in [0.25, 0.3) is 5.78 Å². The molecule has 24 heavy (non-hydrogen) atoms.